The lowest BCUT2D eigenvalue weighted by molar-refractivity contribution is -0.129. The number of halogens is 3. The number of alkyl halides is 3. The molecule has 0 aliphatic carbocycles. The predicted molar refractivity (Wildman–Crippen MR) is 121 cm³/mol. The van der Waals surface area contributed by atoms with Crippen molar-refractivity contribution in [1.29, 1.82) is 0 Å². The summed E-state index contributed by atoms with van der Waals surface area (Å²) in [7, 11) is 1.43. The molecule has 1 saturated heterocycles. The number of hydrogen-bond donors (Lipinski definition) is 1. The van der Waals surface area contributed by atoms with Crippen LogP contribution in [0.4, 0.5) is 19.1 Å². The number of nitrogens with zero attached hydrogens (tertiary/aromatic N) is 7. The number of carbonyl (C=O) groups excluding carboxylic acids is 1. The van der Waals surface area contributed by atoms with E-state index in [1.807, 2.05) is 12.1 Å². The molecule has 1 fully saturated rings. The van der Waals surface area contributed by atoms with E-state index in [1.54, 1.807) is 25.3 Å². The number of fused-ring (bicyclic) bond motifs is 2. The van der Waals surface area contributed by atoms with E-state index in [1.165, 1.54) is 23.2 Å². The first-order valence-corrected chi connectivity index (χ1v) is 11.0. The van der Waals surface area contributed by atoms with Crippen LogP contribution in [0.25, 0.3) is 27.7 Å². The molecule has 4 heterocycles. The number of carbonyl (C=O) groups is 1. The van der Waals surface area contributed by atoms with Crippen LogP contribution in [0.1, 0.15) is 19.9 Å². The van der Waals surface area contributed by atoms with Crippen LogP contribution in [0.2, 0.25) is 0 Å². The van der Waals surface area contributed by atoms with E-state index in [9.17, 15) is 18.0 Å². The summed E-state index contributed by atoms with van der Waals surface area (Å²) >= 11 is 0. The molecule has 184 valence electrons. The minimum Gasteiger partial charge on any atom is -0.479 e. The number of benzene rings is 1. The number of aromatic nitrogens is 6. The Balaban J connectivity index is 1.52. The summed E-state index contributed by atoms with van der Waals surface area (Å²) in [4.78, 5) is 17.0. The molecule has 1 aliphatic heterocycles. The molecule has 0 radical (unpaired) electrons. The van der Waals surface area contributed by atoms with Crippen molar-refractivity contribution < 1.29 is 22.7 Å². The van der Waals surface area contributed by atoms with Crippen molar-refractivity contribution in [2.24, 2.45) is 0 Å². The smallest absolute Gasteiger partial charge is 0.286 e. The Morgan fingerprint density at radius 3 is 2.83 bits per heavy atom. The number of anilines is 1. The first-order valence-electron chi connectivity index (χ1n) is 11.0. The molecule has 35 heavy (non-hydrogen) atoms. The molecule has 1 aliphatic rings. The number of nitrogens with one attached hydrogen (secondary N) is 1. The largest absolute Gasteiger partial charge is 0.479 e. The van der Waals surface area contributed by atoms with E-state index in [0.29, 0.717) is 16.6 Å². The van der Waals surface area contributed by atoms with E-state index in [4.69, 9.17) is 4.74 Å². The fourth-order valence-electron chi connectivity index (χ4n) is 4.25. The third-order valence-corrected chi connectivity index (χ3v) is 6.16. The van der Waals surface area contributed by atoms with Crippen LogP contribution in [0, 0.1) is 0 Å². The Labute approximate surface area is 197 Å². The number of rotatable bonds is 6. The second-order valence-electron chi connectivity index (χ2n) is 8.57. The summed E-state index contributed by atoms with van der Waals surface area (Å²) < 4.78 is 50.7. The zero-order valence-corrected chi connectivity index (χ0v) is 19.2. The van der Waals surface area contributed by atoms with Gasteiger partial charge in [0.25, 0.3) is 5.92 Å². The van der Waals surface area contributed by atoms with Crippen molar-refractivity contribution >= 4 is 28.4 Å². The standard InChI is InChI=1S/C22H23F3N8O2/c1-12(9-23)33-17-8-14(4-5-16(17)28-30-33)15-6-7-32-19(15)20(35-3)27-21(29-32)26-18-10-31(13(2)34)11-22(18,24)25/h4-8,12,18H,9-11H2,1-3H3,(H,26,29)/t12-,18-/m1/s1. The van der Waals surface area contributed by atoms with Gasteiger partial charge < -0.3 is 15.0 Å². The summed E-state index contributed by atoms with van der Waals surface area (Å²) in [5, 5.41) is 15.1. The van der Waals surface area contributed by atoms with Crippen molar-refractivity contribution in [3.05, 3.63) is 30.5 Å². The molecule has 5 rings (SSSR count). The highest BCUT2D eigenvalue weighted by Gasteiger charge is 2.49. The third-order valence-electron chi connectivity index (χ3n) is 6.16. The first kappa shape index (κ1) is 22.9. The summed E-state index contributed by atoms with van der Waals surface area (Å²) in [5.41, 5.74) is 3.33. The molecule has 1 aromatic carbocycles. The lowest BCUT2D eigenvalue weighted by Crippen LogP contribution is -2.38. The summed E-state index contributed by atoms with van der Waals surface area (Å²) in [6, 6.07) is 5.47. The molecule has 1 N–H and O–H groups in total. The van der Waals surface area contributed by atoms with Gasteiger partial charge in [0.1, 0.15) is 23.7 Å². The SMILES string of the molecule is COc1nc(N[C@@H]2CN(C(C)=O)CC2(F)F)nn2ccc(-c3ccc4nnn([C@H](C)CF)c4c3)c12. The maximum absolute atomic E-state index is 14.5. The summed E-state index contributed by atoms with van der Waals surface area (Å²) in [6.45, 7) is 1.55. The number of amides is 1. The zero-order valence-electron chi connectivity index (χ0n) is 19.2. The summed E-state index contributed by atoms with van der Waals surface area (Å²) in [5.74, 6) is -3.44. The van der Waals surface area contributed by atoms with Crippen molar-refractivity contribution in [3.8, 4) is 17.0 Å². The third kappa shape index (κ3) is 3.90. The Morgan fingerprint density at radius 2 is 2.14 bits per heavy atom. The second-order valence-corrected chi connectivity index (χ2v) is 8.57. The van der Waals surface area contributed by atoms with E-state index < -0.39 is 37.1 Å². The molecule has 0 bridgehead atoms. The van der Waals surface area contributed by atoms with E-state index in [-0.39, 0.29) is 18.4 Å². The van der Waals surface area contributed by atoms with Crippen LogP contribution in [0.5, 0.6) is 5.88 Å². The molecule has 4 aromatic rings. The zero-order chi connectivity index (χ0) is 24.9. The van der Waals surface area contributed by atoms with E-state index in [0.717, 1.165) is 16.0 Å². The Bertz CT molecular complexity index is 1420. The molecule has 0 spiro atoms. The Morgan fingerprint density at radius 1 is 1.34 bits per heavy atom. The van der Waals surface area contributed by atoms with Gasteiger partial charge in [-0.2, -0.15) is 4.98 Å². The average molecular weight is 488 g/mol. The molecule has 10 nitrogen and oxygen atoms in total. The fourth-order valence-corrected chi connectivity index (χ4v) is 4.25. The summed E-state index contributed by atoms with van der Waals surface area (Å²) in [6.07, 6.45) is 1.67. The van der Waals surface area contributed by atoms with Crippen LogP contribution in [0.15, 0.2) is 30.5 Å². The predicted octanol–water partition coefficient (Wildman–Crippen LogP) is 2.96. The number of hydrogen-bond acceptors (Lipinski definition) is 7. The van der Waals surface area contributed by atoms with Crippen LogP contribution in [0.3, 0.4) is 0 Å². The maximum atomic E-state index is 14.5. The van der Waals surface area contributed by atoms with Crippen molar-refractivity contribution in [1.82, 2.24) is 34.5 Å². The van der Waals surface area contributed by atoms with Gasteiger partial charge >= 0.3 is 0 Å². The second kappa shape index (κ2) is 8.40. The molecule has 2 atom stereocenters. The van der Waals surface area contributed by atoms with Gasteiger partial charge in [0.2, 0.25) is 17.7 Å². The maximum Gasteiger partial charge on any atom is 0.286 e. The van der Waals surface area contributed by atoms with Crippen LogP contribution >= 0.6 is 0 Å². The van der Waals surface area contributed by atoms with E-state index in [2.05, 4.69) is 25.7 Å². The Kier molecular flexibility index (Phi) is 5.49. The molecular weight excluding hydrogens is 465 g/mol. The molecular formula is C22H23F3N8O2. The topological polar surface area (TPSA) is 102 Å². The van der Waals surface area contributed by atoms with Gasteiger partial charge in [-0.15, -0.1) is 10.2 Å². The molecule has 3 aromatic heterocycles. The van der Waals surface area contributed by atoms with Crippen molar-refractivity contribution in [2.75, 3.05) is 32.2 Å². The average Bonchev–Trinajstić information content (AvgIpc) is 3.53. The quantitative estimate of drug-likeness (QED) is 0.445. The monoisotopic (exact) mass is 488 g/mol. The van der Waals surface area contributed by atoms with Crippen molar-refractivity contribution in [2.45, 2.75) is 31.9 Å². The lowest BCUT2D eigenvalue weighted by Gasteiger charge is -2.19. The van der Waals surface area contributed by atoms with E-state index >= 15 is 0 Å². The highest BCUT2D eigenvalue weighted by atomic mass is 19.3. The van der Waals surface area contributed by atoms with Gasteiger partial charge in [-0.25, -0.2) is 22.4 Å². The Hall–Kier alpha value is -3.90. The molecule has 0 unspecified atom stereocenters. The van der Waals surface area contributed by atoms with Gasteiger partial charge in [-0.05, 0) is 30.7 Å². The number of likely N-dealkylation sites (tertiary alicyclic amines) is 1. The normalized spacial score (nSPS) is 18.3. The lowest BCUT2D eigenvalue weighted by atomic mass is 10.1. The van der Waals surface area contributed by atoms with Gasteiger partial charge in [-0.1, -0.05) is 11.3 Å². The van der Waals surface area contributed by atoms with Gasteiger partial charge in [0.05, 0.1) is 25.2 Å². The van der Waals surface area contributed by atoms with Gasteiger partial charge in [0, 0.05) is 25.2 Å². The van der Waals surface area contributed by atoms with Crippen LogP contribution in [-0.2, 0) is 4.79 Å². The molecule has 1 amide bonds. The van der Waals surface area contributed by atoms with Crippen LogP contribution < -0.4 is 10.1 Å². The number of ether oxygens (including phenoxy) is 1. The minimum atomic E-state index is -3.14. The highest BCUT2D eigenvalue weighted by Crippen LogP contribution is 2.34. The molecule has 13 heteroatoms. The highest BCUT2D eigenvalue weighted by molar-refractivity contribution is 5.89. The van der Waals surface area contributed by atoms with Gasteiger partial charge in [0.15, 0.2) is 0 Å². The minimum absolute atomic E-state index is 0.0546. The number of methoxy groups -OCH3 is 1. The van der Waals surface area contributed by atoms with Crippen LogP contribution in [-0.4, -0.2) is 79.2 Å². The first-order chi connectivity index (χ1) is 16.7. The molecule has 0 saturated carbocycles. The van der Waals surface area contributed by atoms with Gasteiger partial charge in [-0.3, -0.25) is 4.79 Å². The fraction of sp³-hybridized carbons (Fsp3) is 0.409. The van der Waals surface area contributed by atoms with Crippen molar-refractivity contribution in [3.63, 3.8) is 0 Å².